The molecule has 0 spiro atoms. The lowest BCUT2D eigenvalue weighted by Crippen LogP contribution is -2.50. The molecular formula is C15H14F2N2O4S. The number of rotatable bonds is 3. The standard InChI is InChI=1S/C15H14F2N2O4S/c16-9-4-8(23-15-14(22)13(21)10(20)6-24-15)5-19-12(9)7-1-2-18-11(17)3-7/h1-5,10,13-15,20-22H,6H2/t10-,13+,14-,15-/m1/s1. The quantitative estimate of drug-likeness (QED) is 0.705. The molecule has 4 atom stereocenters. The second-order valence-corrected chi connectivity index (χ2v) is 6.37. The number of aromatic nitrogens is 2. The molecule has 1 fully saturated rings. The average Bonchev–Trinajstić information content (AvgIpc) is 2.55. The Hall–Kier alpha value is -1.81. The maximum absolute atomic E-state index is 14.2. The fraction of sp³-hybridized carbons (Fsp3) is 0.333. The molecule has 0 aliphatic carbocycles. The molecule has 128 valence electrons. The van der Waals surface area contributed by atoms with E-state index in [1.54, 1.807) is 0 Å². The van der Waals surface area contributed by atoms with Crippen LogP contribution in [-0.4, -0.2) is 54.8 Å². The molecule has 6 nitrogen and oxygen atoms in total. The molecule has 0 amide bonds. The molecule has 9 heteroatoms. The summed E-state index contributed by atoms with van der Waals surface area (Å²) in [6.07, 6.45) is -1.27. The lowest BCUT2D eigenvalue weighted by Gasteiger charge is -2.34. The van der Waals surface area contributed by atoms with E-state index in [0.29, 0.717) is 0 Å². The predicted octanol–water partition coefficient (Wildman–Crippen LogP) is 0.956. The van der Waals surface area contributed by atoms with E-state index in [2.05, 4.69) is 9.97 Å². The van der Waals surface area contributed by atoms with Crippen molar-refractivity contribution in [3.63, 3.8) is 0 Å². The Morgan fingerprint density at radius 3 is 2.62 bits per heavy atom. The molecule has 1 aliphatic rings. The third kappa shape index (κ3) is 3.48. The van der Waals surface area contributed by atoms with Crippen molar-refractivity contribution < 1.29 is 28.8 Å². The second-order valence-electron chi connectivity index (χ2n) is 5.24. The van der Waals surface area contributed by atoms with Crippen molar-refractivity contribution in [2.45, 2.75) is 23.7 Å². The largest absolute Gasteiger partial charge is 0.475 e. The Kier molecular flexibility index (Phi) is 4.95. The van der Waals surface area contributed by atoms with Gasteiger partial charge in [0.15, 0.2) is 11.3 Å². The van der Waals surface area contributed by atoms with E-state index in [4.69, 9.17) is 4.74 Å². The fourth-order valence-corrected chi connectivity index (χ4v) is 3.39. The summed E-state index contributed by atoms with van der Waals surface area (Å²) >= 11 is 1.10. The van der Waals surface area contributed by atoms with E-state index in [-0.39, 0.29) is 22.8 Å². The number of aliphatic hydroxyl groups is 3. The lowest BCUT2D eigenvalue weighted by molar-refractivity contribution is -0.0786. The van der Waals surface area contributed by atoms with E-state index in [1.807, 2.05) is 0 Å². The van der Waals surface area contributed by atoms with Gasteiger partial charge in [0.2, 0.25) is 5.95 Å². The van der Waals surface area contributed by atoms with Crippen LogP contribution in [0.25, 0.3) is 11.3 Å². The predicted molar refractivity (Wildman–Crippen MR) is 82.3 cm³/mol. The number of hydrogen-bond acceptors (Lipinski definition) is 7. The summed E-state index contributed by atoms with van der Waals surface area (Å²) < 4.78 is 32.8. The first-order valence-electron chi connectivity index (χ1n) is 7.05. The Balaban J connectivity index is 1.78. The lowest BCUT2D eigenvalue weighted by atomic mass is 10.1. The number of nitrogens with zero attached hydrogens (tertiary/aromatic N) is 2. The van der Waals surface area contributed by atoms with E-state index >= 15 is 0 Å². The smallest absolute Gasteiger partial charge is 0.213 e. The summed E-state index contributed by atoms with van der Waals surface area (Å²) in [6.45, 7) is 0. The zero-order valence-corrected chi connectivity index (χ0v) is 13.0. The zero-order valence-electron chi connectivity index (χ0n) is 12.2. The molecule has 2 aromatic rings. The molecule has 0 bridgehead atoms. The number of hydrogen-bond donors (Lipinski definition) is 3. The van der Waals surface area contributed by atoms with Crippen molar-refractivity contribution in [2.75, 3.05) is 5.75 Å². The van der Waals surface area contributed by atoms with Gasteiger partial charge in [-0.3, -0.25) is 0 Å². The van der Waals surface area contributed by atoms with Crippen LogP contribution in [0.4, 0.5) is 8.78 Å². The van der Waals surface area contributed by atoms with Gasteiger partial charge in [-0.25, -0.2) is 14.4 Å². The van der Waals surface area contributed by atoms with Gasteiger partial charge in [0.25, 0.3) is 0 Å². The zero-order chi connectivity index (χ0) is 17.3. The Bertz CT molecular complexity index is 736. The van der Waals surface area contributed by atoms with Crippen LogP contribution >= 0.6 is 11.8 Å². The number of halogens is 2. The van der Waals surface area contributed by atoms with Crippen LogP contribution in [0.3, 0.4) is 0 Å². The minimum atomic E-state index is -1.34. The van der Waals surface area contributed by atoms with E-state index in [1.165, 1.54) is 18.5 Å². The molecule has 1 aliphatic heterocycles. The van der Waals surface area contributed by atoms with Crippen LogP contribution in [-0.2, 0) is 0 Å². The minimum absolute atomic E-state index is 0.0471. The maximum atomic E-state index is 14.2. The highest BCUT2D eigenvalue weighted by atomic mass is 32.2. The first-order chi connectivity index (χ1) is 11.5. The van der Waals surface area contributed by atoms with Gasteiger partial charge in [-0.15, -0.1) is 11.8 Å². The highest BCUT2D eigenvalue weighted by Crippen LogP contribution is 2.30. The molecule has 24 heavy (non-hydrogen) atoms. The van der Waals surface area contributed by atoms with Crippen molar-refractivity contribution in [2.24, 2.45) is 0 Å². The first kappa shape index (κ1) is 17.0. The molecule has 3 rings (SSSR count). The summed E-state index contributed by atoms with van der Waals surface area (Å²) in [5, 5.41) is 29.0. The van der Waals surface area contributed by atoms with Gasteiger partial charge in [-0.1, -0.05) is 0 Å². The van der Waals surface area contributed by atoms with Crippen molar-refractivity contribution in [1.82, 2.24) is 9.97 Å². The normalized spacial score (nSPS) is 27.0. The molecule has 0 saturated carbocycles. The molecular weight excluding hydrogens is 342 g/mol. The average molecular weight is 356 g/mol. The topological polar surface area (TPSA) is 95.7 Å². The molecule has 2 aromatic heterocycles. The van der Waals surface area contributed by atoms with Gasteiger partial charge < -0.3 is 20.1 Å². The number of pyridine rings is 2. The molecule has 0 unspecified atom stereocenters. The van der Waals surface area contributed by atoms with E-state index in [9.17, 15) is 24.1 Å². The minimum Gasteiger partial charge on any atom is -0.475 e. The number of ether oxygens (including phenoxy) is 1. The van der Waals surface area contributed by atoms with Crippen LogP contribution in [0.2, 0.25) is 0 Å². The van der Waals surface area contributed by atoms with E-state index < -0.39 is 35.5 Å². The first-order valence-corrected chi connectivity index (χ1v) is 8.10. The number of thioether (sulfide) groups is 1. The highest BCUT2D eigenvalue weighted by molar-refractivity contribution is 7.99. The van der Waals surface area contributed by atoms with Crippen LogP contribution in [0.5, 0.6) is 5.75 Å². The Morgan fingerprint density at radius 1 is 1.12 bits per heavy atom. The fourth-order valence-electron chi connectivity index (χ4n) is 2.26. The SMILES string of the molecule is O[C@@H]1[C@@H](O)[C@H](Oc2cnc(-c3ccnc(F)c3)c(F)c2)SC[C@H]1O. The van der Waals surface area contributed by atoms with Gasteiger partial charge in [0.1, 0.15) is 23.7 Å². The van der Waals surface area contributed by atoms with E-state index in [0.717, 1.165) is 23.9 Å². The summed E-state index contributed by atoms with van der Waals surface area (Å²) in [4.78, 5) is 7.31. The maximum Gasteiger partial charge on any atom is 0.213 e. The molecule has 0 radical (unpaired) electrons. The molecule has 0 aromatic carbocycles. The second kappa shape index (κ2) is 6.98. The van der Waals surface area contributed by atoms with Crippen LogP contribution < -0.4 is 4.74 Å². The van der Waals surface area contributed by atoms with Gasteiger partial charge in [-0.2, -0.15) is 4.39 Å². The highest BCUT2D eigenvalue weighted by Gasteiger charge is 2.38. The van der Waals surface area contributed by atoms with Gasteiger partial charge in [-0.05, 0) is 6.07 Å². The Labute approximate surface area is 140 Å². The summed E-state index contributed by atoms with van der Waals surface area (Å²) in [6, 6.07) is 3.54. The van der Waals surface area contributed by atoms with Gasteiger partial charge in [0.05, 0.1) is 12.3 Å². The monoisotopic (exact) mass is 356 g/mol. The van der Waals surface area contributed by atoms with Crippen LogP contribution in [0, 0.1) is 11.8 Å². The third-order valence-corrected chi connectivity index (χ3v) is 4.76. The van der Waals surface area contributed by atoms with Crippen molar-refractivity contribution in [3.05, 3.63) is 42.4 Å². The summed E-state index contributed by atoms with van der Waals surface area (Å²) in [5.41, 5.74) is -0.693. The summed E-state index contributed by atoms with van der Waals surface area (Å²) in [7, 11) is 0. The Morgan fingerprint density at radius 2 is 1.92 bits per heavy atom. The third-order valence-electron chi connectivity index (χ3n) is 3.52. The van der Waals surface area contributed by atoms with Crippen LogP contribution in [0.15, 0.2) is 30.6 Å². The van der Waals surface area contributed by atoms with Crippen molar-refractivity contribution in [3.8, 4) is 17.0 Å². The number of aliphatic hydroxyl groups excluding tert-OH is 3. The molecule has 3 N–H and O–H groups in total. The molecule has 3 heterocycles. The van der Waals surface area contributed by atoms with Gasteiger partial charge >= 0.3 is 0 Å². The van der Waals surface area contributed by atoms with Crippen molar-refractivity contribution in [1.29, 1.82) is 0 Å². The van der Waals surface area contributed by atoms with Gasteiger partial charge in [0, 0.05) is 29.6 Å². The summed E-state index contributed by atoms with van der Waals surface area (Å²) in [5.74, 6) is -1.25. The van der Waals surface area contributed by atoms with Crippen LogP contribution in [0.1, 0.15) is 0 Å². The molecule has 1 saturated heterocycles. The van der Waals surface area contributed by atoms with Crippen molar-refractivity contribution >= 4 is 11.8 Å².